The third-order valence-corrected chi connectivity index (χ3v) is 4.72. The van der Waals surface area contributed by atoms with Crippen LogP contribution in [-0.2, 0) is 11.2 Å². The van der Waals surface area contributed by atoms with Crippen LogP contribution < -0.4 is 5.32 Å². The molecule has 0 aliphatic carbocycles. The Morgan fingerprint density at radius 3 is 2.58 bits per heavy atom. The van der Waals surface area contributed by atoms with Crippen LogP contribution in [0.4, 0.5) is 0 Å². The maximum absolute atomic E-state index is 12.4. The number of imidazole rings is 1. The van der Waals surface area contributed by atoms with Gasteiger partial charge in [-0.05, 0) is 48.6 Å². The molecule has 2 aromatic carbocycles. The topological polar surface area (TPSA) is 57.8 Å². The lowest BCUT2D eigenvalue weighted by molar-refractivity contribution is -0.122. The number of fused-ring (bicyclic) bond motifs is 1. The first kappa shape index (κ1) is 18.5. The number of H-pyrrole nitrogens is 1. The first-order valence-electron chi connectivity index (χ1n) is 9.01. The Morgan fingerprint density at radius 2 is 1.88 bits per heavy atom. The summed E-state index contributed by atoms with van der Waals surface area (Å²) in [6.45, 7) is 4.18. The van der Waals surface area contributed by atoms with Crippen molar-refractivity contribution in [3.05, 3.63) is 64.9 Å². The van der Waals surface area contributed by atoms with Gasteiger partial charge in [-0.3, -0.25) is 4.79 Å². The number of hydrogen-bond acceptors (Lipinski definition) is 2. The molecule has 0 aliphatic rings. The fourth-order valence-corrected chi connectivity index (χ4v) is 3.15. The summed E-state index contributed by atoms with van der Waals surface area (Å²) in [7, 11) is 0. The maximum Gasteiger partial charge on any atom is 0.220 e. The van der Waals surface area contributed by atoms with E-state index in [1.54, 1.807) is 0 Å². The minimum atomic E-state index is -0.120. The van der Waals surface area contributed by atoms with Crippen LogP contribution in [0.25, 0.3) is 11.0 Å². The van der Waals surface area contributed by atoms with Crippen LogP contribution >= 0.6 is 11.6 Å². The molecule has 5 heteroatoms. The molecule has 0 fully saturated rings. The Kier molecular flexibility index (Phi) is 5.94. The lowest BCUT2D eigenvalue weighted by Gasteiger charge is -2.20. The SMILES string of the molecule is CC(C)[C@H](NC(=O)CCCc1ccc(Cl)cc1)c1nc2ccccc2[nH]1. The number of halogens is 1. The summed E-state index contributed by atoms with van der Waals surface area (Å²) < 4.78 is 0. The predicted octanol–water partition coefficient (Wildman–Crippen LogP) is 5.05. The van der Waals surface area contributed by atoms with Crippen molar-refractivity contribution in [2.45, 2.75) is 39.2 Å². The standard InChI is InChI=1S/C21H24ClN3O/c1-14(2)20(21-23-17-7-3-4-8-18(17)24-21)25-19(26)9-5-6-15-10-12-16(22)13-11-15/h3-4,7-8,10-14,20H,5-6,9H2,1-2H3,(H,23,24)(H,25,26)/t20-/m0/s1. The van der Waals surface area contributed by atoms with Gasteiger partial charge in [-0.1, -0.05) is 49.7 Å². The molecule has 3 rings (SSSR count). The van der Waals surface area contributed by atoms with Gasteiger partial charge in [-0.25, -0.2) is 4.98 Å². The zero-order chi connectivity index (χ0) is 18.5. The highest BCUT2D eigenvalue weighted by molar-refractivity contribution is 6.30. The van der Waals surface area contributed by atoms with Gasteiger partial charge < -0.3 is 10.3 Å². The number of rotatable bonds is 7. The molecule has 1 atom stereocenters. The molecule has 0 saturated heterocycles. The van der Waals surface area contributed by atoms with E-state index in [1.807, 2.05) is 48.5 Å². The number of para-hydroxylation sites is 2. The Labute approximate surface area is 159 Å². The van der Waals surface area contributed by atoms with Gasteiger partial charge in [0, 0.05) is 11.4 Å². The van der Waals surface area contributed by atoms with Crippen LogP contribution in [0.5, 0.6) is 0 Å². The van der Waals surface area contributed by atoms with Crippen LogP contribution in [0.3, 0.4) is 0 Å². The van der Waals surface area contributed by atoms with Gasteiger partial charge in [0.05, 0.1) is 17.1 Å². The number of aryl methyl sites for hydroxylation is 1. The molecule has 136 valence electrons. The average Bonchev–Trinajstić information content (AvgIpc) is 3.05. The van der Waals surface area contributed by atoms with E-state index >= 15 is 0 Å². The highest BCUT2D eigenvalue weighted by Gasteiger charge is 2.21. The van der Waals surface area contributed by atoms with Crippen molar-refractivity contribution >= 4 is 28.5 Å². The summed E-state index contributed by atoms with van der Waals surface area (Å²) in [5.74, 6) is 1.11. The smallest absolute Gasteiger partial charge is 0.220 e. The lowest BCUT2D eigenvalue weighted by Crippen LogP contribution is -2.32. The highest BCUT2D eigenvalue weighted by atomic mass is 35.5. The van der Waals surface area contributed by atoms with Crippen LogP contribution in [0.1, 0.15) is 44.1 Å². The number of benzene rings is 2. The normalized spacial score (nSPS) is 12.5. The predicted molar refractivity (Wildman–Crippen MR) is 106 cm³/mol. The zero-order valence-corrected chi connectivity index (χ0v) is 15.9. The number of aromatic nitrogens is 2. The zero-order valence-electron chi connectivity index (χ0n) is 15.1. The second kappa shape index (κ2) is 8.37. The Hall–Kier alpha value is -2.33. The van der Waals surface area contributed by atoms with Crippen LogP contribution in [0.15, 0.2) is 48.5 Å². The number of nitrogens with zero attached hydrogens (tertiary/aromatic N) is 1. The van der Waals surface area contributed by atoms with E-state index in [2.05, 4.69) is 29.1 Å². The third-order valence-electron chi connectivity index (χ3n) is 4.47. The molecule has 2 N–H and O–H groups in total. The number of carbonyl (C=O) groups excluding carboxylic acids is 1. The second-order valence-electron chi connectivity index (χ2n) is 6.91. The Morgan fingerprint density at radius 1 is 1.15 bits per heavy atom. The van der Waals surface area contributed by atoms with Crippen molar-refractivity contribution in [1.29, 1.82) is 0 Å². The largest absolute Gasteiger partial charge is 0.346 e. The van der Waals surface area contributed by atoms with Gasteiger partial charge in [-0.15, -0.1) is 0 Å². The second-order valence-corrected chi connectivity index (χ2v) is 7.34. The Bertz CT molecular complexity index is 837. The number of nitrogens with one attached hydrogen (secondary N) is 2. The van der Waals surface area contributed by atoms with E-state index in [-0.39, 0.29) is 17.9 Å². The summed E-state index contributed by atoms with van der Waals surface area (Å²) in [6, 6.07) is 15.6. The monoisotopic (exact) mass is 369 g/mol. The lowest BCUT2D eigenvalue weighted by atomic mass is 10.0. The molecule has 0 saturated carbocycles. The van der Waals surface area contributed by atoms with Crippen molar-refractivity contribution < 1.29 is 4.79 Å². The van der Waals surface area contributed by atoms with Gasteiger partial charge in [0.1, 0.15) is 5.82 Å². The first-order chi connectivity index (χ1) is 12.5. The third kappa shape index (κ3) is 4.64. The van der Waals surface area contributed by atoms with Gasteiger partial charge >= 0.3 is 0 Å². The molecule has 1 amide bonds. The van der Waals surface area contributed by atoms with Crippen molar-refractivity contribution in [2.24, 2.45) is 5.92 Å². The van der Waals surface area contributed by atoms with Crippen molar-refractivity contribution in [3.8, 4) is 0 Å². The van der Waals surface area contributed by atoms with E-state index in [4.69, 9.17) is 11.6 Å². The molecular formula is C21H24ClN3O. The van der Waals surface area contributed by atoms with E-state index in [0.29, 0.717) is 6.42 Å². The van der Waals surface area contributed by atoms with E-state index in [0.717, 1.165) is 34.7 Å². The molecule has 1 aromatic heterocycles. The molecule has 0 bridgehead atoms. The molecule has 3 aromatic rings. The fraction of sp³-hybridized carbons (Fsp3) is 0.333. The molecule has 0 unspecified atom stereocenters. The minimum Gasteiger partial charge on any atom is -0.346 e. The minimum absolute atomic E-state index is 0.0538. The number of hydrogen-bond donors (Lipinski definition) is 2. The van der Waals surface area contributed by atoms with Crippen LogP contribution in [0.2, 0.25) is 5.02 Å². The van der Waals surface area contributed by atoms with Crippen molar-refractivity contribution in [2.75, 3.05) is 0 Å². The summed E-state index contributed by atoms with van der Waals surface area (Å²) in [6.07, 6.45) is 2.16. The molecular weight excluding hydrogens is 346 g/mol. The van der Waals surface area contributed by atoms with Gasteiger partial charge in [-0.2, -0.15) is 0 Å². The van der Waals surface area contributed by atoms with Gasteiger partial charge in [0.15, 0.2) is 0 Å². The first-order valence-corrected chi connectivity index (χ1v) is 9.39. The van der Waals surface area contributed by atoms with Crippen LogP contribution in [0, 0.1) is 5.92 Å². The summed E-state index contributed by atoms with van der Waals surface area (Å²) >= 11 is 5.90. The van der Waals surface area contributed by atoms with Crippen molar-refractivity contribution in [3.63, 3.8) is 0 Å². The Balaban J connectivity index is 1.58. The molecule has 0 spiro atoms. The quantitative estimate of drug-likeness (QED) is 0.612. The van der Waals surface area contributed by atoms with E-state index in [1.165, 1.54) is 5.56 Å². The average molecular weight is 370 g/mol. The number of aromatic amines is 1. The molecule has 0 aliphatic heterocycles. The molecule has 0 radical (unpaired) electrons. The molecule has 26 heavy (non-hydrogen) atoms. The van der Waals surface area contributed by atoms with Crippen molar-refractivity contribution in [1.82, 2.24) is 15.3 Å². The molecule has 4 nitrogen and oxygen atoms in total. The van der Waals surface area contributed by atoms with Gasteiger partial charge in [0.25, 0.3) is 0 Å². The summed E-state index contributed by atoms with van der Waals surface area (Å²) in [5, 5.41) is 3.87. The molecule has 1 heterocycles. The number of amides is 1. The van der Waals surface area contributed by atoms with Gasteiger partial charge in [0.2, 0.25) is 5.91 Å². The highest BCUT2D eigenvalue weighted by Crippen LogP contribution is 2.22. The van der Waals surface area contributed by atoms with Crippen LogP contribution in [-0.4, -0.2) is 15.9 Å². The fourth-order valence-electron chi connectivity index (χ4n) is 3.02. The van der Waals surface area contributed by atoms with E-state index in [9.17, 15) is 4.79 Å². The summed E-state index contributed by atoms with van der Waals surface area (Å²) in [5.41, 5.74) is 3.11. The summed E-state index contributed by atoms with van der Waals surface area (Å²) in [4.78, 5) is 20.4. The van der Waals surface area contributed by atoms with E-state index < -0.39 is 0 Å². The number of carbonyl (C=O) groups is 1. The maximum atomic E-state index is 12.4.